The molecule has 14 heteroatoms. The van der Waals surface area contributed by atoms with Gasteiger partial charge in [-0.05, 0) is 37.1 Å². The minimum absolute atomic E-state index is 0.103. The van der Waals surface area contributed by atoms with Crippen LogP contribution in [0, 0.1) is 0 Å². The maximum absolute atomic E-state index is 14.1. The molecule has 3 rings (SSSR count). The lowest BCUT2D eigenvalue weighted by atomic mass is 9.92. The summed E-state index contributed by atoms with van der Waals surface area (Å²) >= 11 is 10.1. The van der Waals surface area contributed by atoms with Crippen molar-refractivity contribution in [1.82, 2.24) is 15.3 Å². The first-order valence-corrected chi connectivity index (χ1v) is 11.0. The van der Waals surface area contributed by atoms with Crippen LogP contribution in [0.4, 0.5) is 27.6 Å². The Labute approximate surface area is 208 Å². The summed E-state index contributed by atoms with van der Waals surface area (Å²) in [6.07, 6.45) is 1.93. The Morgan fingerprint density at radius 2 is 1.77 bits per heavy atom. The maximum Gasteiger partial charge on any atom is 0.487 e. The monoisotopic (exact) mass is 541 g/mol. The molecule has 1 fully saturated rings. The van der Waals surface area contributed by atoms with Crippen LogP contribution in [0.2, 0.25) is 0 Å². The van der Waals surface area contributed by atoms with Gasteiger partial charge in [0, 0.05) is 54.1 Å². The number of anilines is 1. The minimum atomic E-state index is -4.05. The van der Waals surface area contributed by atoms with E-state index in [1.807, 2.05) is 0 Å². The lowest BCUT2D eigenvalue weighted by Gasteiger charge is -2.34. The van der Waals surface area contributed by atoms with Gasteiger partial charge in [0.2, 0.25) is 11.8 Å². The summed E-state index contributed by atoms with van der Waals surface area (Å²) in [5.41, 5.74) is -7.36. The Balaban J connectivity index is 2.04. The van der Waals surface area contributed by atoms with Gasteiger partial charge in [-0.1, -0.05) is 11.6 Å². The zero-order valence-corrected chi connectivity index (χ0v) is 19.2. The van der Waals surface area contributed by atoms with E-state index in [2.05, 4.69) is 20.0 Å². The Hall–Kier alpha value is -2.73. The Bertz CT molecular complexity index is 1070. The summed E-state index contributed by atoms with van der Waals surface area (Å²) < 4.78 is 80.4. The van der Waals surface area contributed by atoms with E-state index in [0.717, 1.165) is 43.0 Å². The highest BCUT2D eigenvalue weighted by atomic mass is 35.5. The molecular weight excluding hydrogens is 522 g/mol. The van der Waals surface area contributed by atoms with Gasteiger partial charge in [0.15, 0.2) is 0 Å². The quantitative estimate of drug-likeness (QED) is 0.377. The van der Waals surface area contributed by atoms with Crippen molar-refractivity contribution in [2.75, 3.05) is 4.90 Å². The average molecular weight is 542 g/mol. The van der Waals surface area contributed by atoms with Crippen LogP contribution in [-0.4, -0.2) is 44.9 Å². The molecule has 0 spiro atoms. The first kappa shape index (κ1) is 25.4. The molecule has 1 aromatic carbocycles. The molecule has 1 N–H and O–H groups in total. The number of aromatic nitrogens is 2. The molecule has 1 aliphatic carbocycles. The maximum atomic E-state index is 14.1. The number of hydrogen-bond acceptors (Lipinski definition) is 5. The van der Waals surface area contributed by atoms with Crippen LogP contribution >= 0.6 is 23.2 Å². The molecular formula is C21H19Cl2F5N4O3. The fourth-order valence-corrected chi connectivity index (χ4v) is 3.67. The van der Waals surface area contributed by atoms with Gasteiger partial charge in [-0.15, -0.1) is 8.78 Å². The van der Waals surface area contributed by atoms with E-state index in [-0.39, 0.29) is 24.1 Å². The topological polar surface area (TPSA) is 84.4 Å². The summed E-state index contributed by atoms with van der Waals surface area (Å²) in [6, 6.07) is 0.332. The number of ether oxygens (including phenoxy) is 1. The van der Waals surface area contributed by atoms with Gasteiger partial charge in [-0.3, -0.25) is 14.5 Å². The zero-order chi connectivity index (χ0) is 26.7. The number of hydrogen-bond donors (Lipinski definition) is 1. The Morgan fingerprint density at radius 3 is 2.29 bits per heavy atom. The minimum Gasteiger partial charge on any atom is -0.420 e. The lowest BCUT2D eigenvalue weighted by Crippen LogP contribution is -2.49. The highest BCUT2D eigenvalue weighted by Crippen LogP contribution is 2.35. The van der Waals surface area contributed by atoms with Crippen LogP contribution < -0.4 is 15.0 Å². The molecule has 0 saturated heterocycles. The standard InChI is InChI=1S/C21H19Cl2F5N4O3/c22-17(24)19(34)32(14-1-3-15(4-2-14)35-21(23,27)28)16(12-9-29-11-30-10-12)18(33)31-13-5-7-20(25,26)8-6-13/h1-4,9-11,13,16-17H,5-8H2,(H,31,33)/t16-,17+/m1/s1/i16D. The summed E-state index contributed by atoms with van der Waals surface area (Å²) in [5.74, 6) is -6.05. The van der Waals surface area contributed by atoms with Crippen molar-refractivity contribution in [2.45, 2.75) is 54.9 Å². The second-order valence-electron chi connectivity index (χ2n) is 7.60. The summed E-state index contributed by atoms with van der Waals surface area (Å²) in [5, 5.41) is 2.47. The van der Waals surface area contributed by atoms with E-state index >= 15 is 0 Å². The smallest absolute Gasteiger partial charge is 0.420 e. The van der Waals surface area contributed by atoms with Gasteiger partial charge in [-0.25, -0.2) is 23.1 Å². The fourth-order valence-electron chi connectivity index (χ4n) is 3.48. The molecule has 1 heterocycles. The number of rotatable bonds is 8. The normalized spacial score (nSPS) is 19.1. The molecule has 2 atom stereocenters. The molecule has 0 bridgehead atoms. The number of carbonyl (C=O) groups excluding carboxylic acids is 2. The van der Waals surface area contributed by atoms with Crippen molar-refractivity contribution in [3.8, 4) is 5.75 Å². The van der Waals surface area contributed by atoms with Gasteiger partial charge in [0.1, 0.15) is 18.1 Å². The second kappa shape index (κ2) is 10.9. The van der Waals surface area contributed by atoms with E-state index in [4.69, 9.17) is 24.6 Å². The van der Waals surface area contributed by atoms with Crippen molar-refractivity contribution in [2.24, 2.45) is 0 Å². The van der Waals surface area contributed by atoms with E-state index in [0.29, 0.717) is 4.90 Å². The van der Waals surface area contributed by atoms with Crippen molar-refractivity contribution in [3.05, 3.63) is 48.5 Å². The highest BCUT2D eigenvalue weighted by molar-refractivity contribution is 6.32. The molecule has 0 radical (unpaired) electrons. The molecule has 2 aromatic rings. The van der Waals surface area contributed by atoms with Gasteiger partial charge >= 0.3 is 5.57 Å². The number of benzene rings is 1. The van der Waals surface area contributed by atoms with Crippen LogP contribution in [0.15, 0.2) is 43.0 Å². The number of carbonyl (C=O) groups is 2. The SMILES string of the molecule is [2H][C@](C(=O)NC1CCC(F)(F)CC1)(c1cncnc1)N(C(=O)[C@H](F)Cl)c1ccc(OC(F)(F)Cl)cc1. The molecule has 2 amide bonds. The molecule has 1 aromatic heterocycles. The van der Waals surface area contributed by atoms with Gasteiger partial charge in [0.25, 0.3) is 11.5 Å². The lowest BCUT2D eigenvalue weighted by molar-refractivity contribution is -0.128. The third kappa shape index (κ3) is 7.38. The van der Waals surface area contributed by atoms with Gasteiger partial charge < -0.3 is 10.1 Å². The van der Waals surface area contributed by atoms with E-state index in [1.165, 1.54) is 0 Å². The number of halogens is 7. The Morgan fingerprint density at radius 1 is 1.20 bits per heavy atom. The molecule has 1 aliphatic rings. The first-order chi connectivity index (χ1) is 16.7. The highest BCUT2D eigenvalue weighted by Gasteiger charge is 2.40. The summed E-state index contributed by atoms with van der Waals surface area (Å²) in [6.45, 7) is 0. The number of nitrogens with zero attached hydrogens (tertiary/aromatic N) is 3. The number of alkyl halides is 7. The third-order valence-electron chi connectivity index (χ3n) is 5.06. The number of amides is 2. The van der Waals surface area contributed by atoms with E-state index in [1.54, 1.807) is 0 Å². The average Bonchev–Trinajstić information content (AvgIpc) is 2.81. The van der Waals surface area contributed by atoms with E-state index < -0.39 is 59.6 Å². The predicted molar refractivity (Wildman–Crippen MR) is 116 cm³/mol. The molecule has 0 aliphatic heterocycles. The van der Waals surface area contributed by atoms with E-state index in [9.17, 15) is 31.5 Å². The van der Waals surface area contributed by atoms with Crippen LogP contribution in [-0.2, 0) is 9.59 Å². The van der Waals surface area contributed by atoms with Crippen molar-refractivity contribution < 1.29 is 37.6 Å². The number of nitrogens with one attached hydrogen (secondary N) is 1. The van der Waals surface area contributed by atoms with Crippen LogP contribution in [0.25, 0.3) is 0 Å². The summed E-state index contributed by atoms with van der Waals surface area (Å²) in [4.78, 5) is 34.2. The van der Waals surface area contributed by atoms with Crippen molar-refractivity contribution in [3.63, 3.8) is 0 Å². The van der Waals surface area contributed by atoms with Gasteiger partial charge in [-0.2, -0.15) is 0 Å². The molecule has 35 heavy (non-hydrogen) atoms. The molecule has 7 nitrogen and oxygen atoms in total. The largest absolute Gasteiger partial charge is 0.487 e. The van der Waals surface area contributed by atoms with Crippen LogP contribution in [0.3, 0.4) is 0 Å². The van der Waals surface area contributed by atoms with Crippen LogP contribution in [0.1, 0.15) is 38.6 Å². The first-order valence-electron chi connectivity index (χ1n) is 10.7. The summed E-state index contributed by atoms with van der Waals surface area (Å²) in [7, 11) is 0. The predicted octanol–water partition coefficient (Wildman–Crippen LogP) is 4.95. The van der Waals surface area contributed by atoms with Crippen LogP contribution in [0.5, 0.6) is 5.75 Å². The Kier molecular flexibility index (Phi) is 7.90. The molecule has 190 valence electrons. The molecule has 0 unspecified atom stereocenters. The third-order valence-corrected chi connectivity index (χ3v) is 5.32. The van der Waals surface area contributed by atoms with Crippen molar-refractivity contribution in [1.29, 1.82) is 0 Å². The fraction of sp³-hybridized carbons (Fsp3) is 0.429. The van der Waals surface area contributed by atoms with Crippen molar-refractivity contribution >= 4 is 40.7 Å². The zero-order valence-electron chi connectivity index (χ0n) is 18.7. The second-order valence-corrected chi connectivity index (χ2v) is 8.42. The molecule has 1 saturated carbocycles. The van der Waals surface area contributed by atoms with Gasteiger partial charge in [0.05, 0.1) is 1.37 Å².